The van der Waals surface area contributed by atoms with Crippen LogP contribution in [-0.4, -0.2) is 5.78 Å². The van der Waals surface area contributed by atoms with Crippen LogP contribution in [0.5, 0.6) is 0 Å². The van der Waals surface area contributed by atoms with Crippen molar-refractivity contribution in [3.63, 3.8) is 0 Å². The molecule has 0 N–H and O–H groups in total. The molecule has 76 valence electrons. The van der Waals surface area contributed by atoms with Gasteiger partial charge in [0.25, 0.3) is 0 Å². The molecule has 1 aromatic carbocycles. The van der Waals surface area contributed by atoms with Crippen LogP contribution in [0.25, 0.3) is 0 Å². The van der Waals surface area contributed by atoms with Crippen LogP contribution in [0.15, 0.2) is 18.2 Å². The predicted molar refractivity (Wildman–Crippen MR) is 63.2 cm³/mol. The first-order valence-electron chi connectivity index (χ1n) is 4.49. The molecule has 0 radical (unpaired) electrons. The molecule has 0 bridgehead atoms. The second-order valence-electron chi connectivity index (χ2n) is 3.13. The van der Waals surface area contributed by atoms with E-state index in [2.05, 4.69) is 15.9 Å². The molecule has 1 nitrogen and oxygen atoms in total. The van der Waals surface area contributed by atoms with Crippen molar-refractivity contribution in [2.45, 2.75) is 25.1 Å². The van der Waals surface area contributed by atoms with Gasteiger partial charge in [-0.3, -0.25) is 4.79 Å². The number of rotatable bonds is 3. The van der Waals surface area contributed by atoms with Crippen molar-refractivity contribution in [3.8, 4) is 0 Å². The van der Waals surface area contributed by atoms with Crippen LogP contribution in [0.2, 0.25) is 5.02 Å². The third kappa shape index (κ3) is 2.37. The standard InChI is InChI=1S/C11H12BrClO/c1-3-8-9(11(12)7(2)14)5-4-6-10(8)13/h4-6,11H,3H2,1-2H3. The zero-order chi connectivity index (χ0) is 10.7. The lowest BCUT2D eigenvalue weighted by molar-refractivity contribution is -0.116. The summed E-state index contributed by atoms with van der Waals surface area (Å²) in [5, 5.41) is 0.732. The van der Waals surface area contributed by atoms with E-state index in [-0.39, 0.29) is 10.6 Å². The van der Waals surface area contributed by atoms with Crippen molar-refractivity contribution in [3.05, 3.63) is 34.3 Å². The maximum Gasteiger partial charge on any atom is 0.147 e. The molecule has 1 unspecified atom stereocenters. The van der Waals surface area contributed by atoms with Crippen LogP contribution < -0.4 is 0 Å². The summed E-state index contributed by atoms with van der Waals surface area (Å²) in [4.78, 5) is 11.0. The Morgan fingerprint density at radius 2 is 2.21 bits per heavy atom. The van der Waals surface area contributed by atoms with Crippen LogP contribution in [0.3, 0.4) is 0 Å². The summed E-state index contributed by atoms with van der Waals surface area (Å²) in [6.07, 6.45) is 0.838. The Hall–Kier alpha value is -0.340. The summed E-state index contributed by atoms with van der Waals surface area (Å²) in [6, 6.07) is 5.66. The van der Waals surface area contributed by atoms with Crippen LogP contribution >= 0.6 is 27.5 Å². The lowest BCUT2D eigenvalue weighted by atomic mass is 10.0. The average molecular weight is 276 g/mol. The molecule has 0 amide bonds. The molecule has 1 aromatic rings. The summed E-state index contributed by atoms with van der Waals surface area (Å²) >= 11 is 9.41. The summed E-state index contributed by atoms with van der Waals surface area (Å²) in [5.41, 5.74) is 2.03. The maximum atomic E-state index is 11.2. The van der Waals surface area contributed by atoms with E-state index in [1.165, 1.54) is 0 Å². The van der Waals surface area contributed by atoms with Gasteiger partial charge < -0.3 is 0 Å². The number of hydrogen-bond donors (Lipinski definition) is 0. The lowest BCUT2D eigenvalue weighted by Crippen LogP contribution is -2.04. The fraction of sp³-hybridized carbons (Fsp3) is 0.364. The Morgan fingerprint density at radius 1 is 1.57 bits per heavy atom. The van der Waals surface area contributed by atoms with E-state index in [9.17, 15) is 4.79 Å². The molecular formula is C11H12BrClO. The number of hydrogen-bond acceptors (Lipinski definition) is 1. The van der Waals surface area contributed by atoms with Crippen molar-refractivity contribution in [1.82, 2.24) is 0 Å². The third-order valence-corrected chi connectivity index (χ3v) is 3.63. The Balaban J connectivity index is 3.20. The number of benzene rings is 1. The van der Waals surface area contributed by atoms with Gasteiger partial charge in [0.05, 0.1) is 4.83 Å². The molecule has 0 aromatic heterocycles. The highest BCUT2D eigenvalue weighted by Crippen LogP contribution is 2.31. The molecule has 1 atom stereocenters. The largest absolute Gasteiger partial charge is 0.298 e. The molecule has 0 spiro atoms. The van der Waals surface area contributed by atoms with Crippen molar-refractivity contribution in [2.75, 3.05) is 0 Å². The lowest BCUT2D eigenvalue weighted by Gasteiger charge is -2.12. The first-order chi connectivity index (χ1) is 6.57. The van der Waals surface area contributed by atoms with Crippen LogP contribution in [0.4, 0.5) is 0 Å². The van der Waals surface area contributed by atoms with Gasteiger partial charge in [-0.1, -0.05) is 46.6 Å². The van der Waals surface area contributed by atoms with Crippen LogP contribution in [-0.2, 0) is 11.2 Å². The molecule has 0 aliphatic carbocycles. The maximum absolute atomic E-state index is 11.2. The summed E-state index contributed by atoms with van der Waals surface area (Å²) in [7, 11) is 0. The number of Topliss-reactive ketones (excluding diaryl/α,β-unsaturated/α-hetero) is 1. The number of ketones is 1. The van der Waals surface area contributed by atoms with Crippen LogP contribution in [0, 0.1) is 0 Å². The normalized spacial score (nSPS) is 12.6. The van der Waals surface area contributed by atoms with E-state index >= 15 is 0 Å². The first kappa shape index (κ1) is 11.7. The van der Waals surface area contributed by atoms with E-state index in [0.717, 1.165) is 22.6 Å². The molecule has 0 fully saturated rings. The van der Waals surface area contributed by atoms with Gasteiger partial charge in [-0.05, 0) is 30.5 Å². The van der Waals surface area contributed by atoms with Crippen molar-refractivity contribution < 1.29 is 4.79 Å². The minimum absolute atomic E-state index is 0.0990. The predicted octanol–water partition coefficient (Wildman–Crippen LogP) is 3.93. The fourth-order valence-corrected chi connectivity index (χ4v) is 2.15. The molecule has 14 heavy (non-hydrogen) atoms. The monoisotopic (exact) mass is 274 g/mol. The molecule has 1 rings (SSSR count). The van der Waals surface area contributed by atoms with Gasteiger partial charge in [-0.15, -0.1) is 0 Å². The van der Waals surface area contributed by atoms with E-state index in [1.807, 2.05) is 25.1 Å². The van der Waals surface area contributed by atoms with Crippen molar-refractivity contribution >= 4 is 33.3 Å². The van der Waals surface area contributed by atoms with Gasteiger partial charge in [-0.25, -0.2) is 0 Å². The van der Waals surface area contributed by atoms with Gasteiger partial charge >= 0.3 is 0 Å². The Morgan fingerprint density at radius 3 is 2.71 bits per heavy atom. The SMILES string of the molecule is CCc1c(Cl)cccc1C(Br)C(C)=O. The highest BCUT2D eigenvalue weighted by Gasteiger charge is 2.16. The number of alkyl halides is 1. The van der Waals surface area contributed by atoms with E-state index in [4.69, 9.17) is 11.6 Å². The summed E-state index contributed by atoms with van der Waals surface area (Å²) in [6.45, 7) is 3.60. The molecule has 0 saturated carbocycles. The summed E-state index contributed by atoms with van der Waals surface area (Å²) in [5.74, 6) is 0.0990. The van der Waals surface area contributed by atoms with Crippen molar-refractivity contribution in [1.29, 1.82) is 0 Å². The Kier molecular flexibility index (Phi) is 4.14. The highest BCUT2D eigenvalue weighted by molar-refractivity contribution is 9.09. The average Bonchev–Trinajstić information content (AvgIpc) is 2.16. The van der Waals surface area contributed by atoms with Crippen LogP contribution in [0.1, 0.15) is 29.8 Å². The quantitative estimate of drug-likeness (QED) is 0.764. The number of carbonyl (C=O) groups excluding carboxylic acids is 1. The number of carbonyl (C=O) groups is 1. The zero-order valence-electron chi connectivity index (χ0n) is 8.18. The Labute approximate surface area is 97.6 Å². The van der Waals surface area contributed by atoms with Gasteiger partial charge in [0, 0.05) is 5.02 Å². The minimum Gasteiger partial charge on any atom is -0.298 e. The summed E-state index contributed by atoms with van der Waals surface area (Å²) < 4.78 is 0. The second-order valence-corrected chi connectivity index (χ2v) is 4.46. The van der Waals surface area contributed by atoms with Crippen molar-refractivity contribution in [2.24, 2.45) is 0 Å². The molecule has 0 heterocycles. The first-order valence-corrected chi connectivity index (χ1v) is 5.79. The topological polar surface area (TPSA) is 17.1 Å². The minimum atomic E-state index is -0.240. The van der Waals surface area contributed by atoms with Gasteiger partial charge in [0.1, 0.15) is 5.78 Å². The smallest absolute Gasteiger partial charge is 0.147 e. The molecule has 0 aliphatic heterocycles. The van der Waals surface area contributed by atoms with E-state index in [0.29, 0.717) is 0 Å². The van der Waals surface area contributed by atoms with E-state index in [1.54, 1.807) is 6.92 Å². The third-order valence-electron chi connectivity index (χ3n) is 2.14. The molecular weight excluding hydrogens is 263 g/mol. The molecule has 0 aliphatic rings. The Bertz CT molecular complexity index is 349. The highest BCUT2D eigenvalue weighted by atomic mass is 79.9. The van der Waals surface area contributed by atoms with E-state index < -0.39 is 0 Å². The van der Waals surface area contributed by atoms with Gasteiger partial charge in [0.15, 0.2) is 0 Å². The zero-order valence-corrected chi connectivity index (χ0v) is 10.5. The number of halogens is 2. The molecule has 0 saturated heterocycles. The van der Waals surface area contributed by atoms with Gasteiger partial charge in [0.2, 0.25) is 0 Å². The fourth-order valence-electron chi connectivity index (χ4n) is 1.40. The molecule has 3 heteroatoms. The second kappa shape index (κ2) is 4.94. The van der Waals surface area contributed by atoms with Gasteiger partial charge in [-0.2, -0.15) is 0 Å².